The summed E-state index contributed by atoms with van der Waals surface area (Å²) in [5, 5.41) is 2.03. The molecule has 0 aliphatic carbocycles. The molecule has 80 valence electrons. The monoisotopic (exact) mass is 215 g/mol. The number of carbonyl (C=O) groups excluding carboxylic acids is 1. The van der Waals surface area contributed by atoms with Gasteiger partial charge in [-0.1, -0.05) is 0 Å². The molecule has 1 amide bonds. The summed E-state index contributed by atoms with van der Waals surface area (Å²) in [7, 11) is 1.43. The Morgan fingerprint density at radius 2 is 2.20 bits per heavy atom. The van der Waals surface area contributed by atoms with E-state index in [-0.39, 0.29) is 11.4 Å². The lowest BCUT2D eigenvalue weighted by Crippen LogP contribution is -2.43. The number of nitrogens with one attached hydrogen (secondary N) is 1. The molecule has 15 heavy (non-hydrogen) atoms. The molecular weight excluding hydrogens is 208 g/mol. The van der Waals surface area contributed by atoms with Gasteiger partial charge in [0.15, 0.2) is 5.75 Å². The number of hydrogen-bond donors (Lipinski definition) is 1. The third kappa shape index (κ3) is 1.58. The van der Waals surface area contributed by atoms with Gasteiger partial charge in [-0.05, 0) is 12.1 Å². The fourth-order valence-electron chi connectivity index (χ4n) is 1.20. The van der Waals surface area contributed by atoms with Gasteiger partial charge in [-0.3, -0.25) is 4.79 Å². The second-order valence-corrected chi connectivity index (χ2v) is 2.94. The topological polar surface area (TPSA) is 47.6 Å². The Balaban J connectivity index is 2.41. The van der Waals surface area contributed by atoms with Crippen molar-refractivity contribution in [2.45, 2.75) is 6.11 Å². The Morgan fingerprint density at radius 3 is 2.87 bits per heavy atom. The fraction of sp³-hybridized carbons (Fsp3) is 0.222. The van der Waals surface area contributed by atoms with Gasteiger partial charge in [-0.25, -0.2) is 0 Å². The number of alkyl halides is 2. The molecule has 0 aromatic heterocycles. The third-order valence-electron chi connectivity index (χ3n) is 1.94. The van der Waals surface area contributed by atoms with Crippen LogP contribution >= 0.6 is 0 Å². The lowest BCUT2D eigenvalue weighted by atomic mass is 10.2. The quantitative estimate of drug-likeness (QED) is 0.774. The van der Waals surface area contributed by atoms with Crippen LogP contribution in [0, 0.1) is 0 Å². The van der Waals surface area contributed by atoms with Gasteiger partial charge in [0, 0.05) is 6.07 Å². The van der Waals surface area contributed by atoms with Crippen LogP contribution in [0.1, 0.15) is 0 Å². The smallest absolute Gasteiger partial charge is 0.482 e. The lowest BCUT2D eigenvalue weighted by molar-refractivity contribution is -0.189. The van der Waals surface area contributed by atoms with Crippen molar-refractivity contribution < 1.29 is 23.0 Å². The minimum atomic E-state index is -3.82. The average molecular weight is 215 g/mol. The zero-order valence-electron chi connectivity index (χ0n) is 7.71. The number of hydrogen-bond acceptors (Lipinski definition) is 3. The molecule has 0 atom stereocenters. The van der Waals surface area contributed by atoms with Crippen molar-refractivity contribution in [1.29, 1.82) is 0 Å². The van der Waals surface area contributed by atoms with Crippen LogP contribution < -0.4 is 14.8 Å². The van der Waals surface area contributed by atoms with Crippen molar-refractivity contribution in [2.75, 3.05) is 12.4 Å². The number of carbonyl (C=O) groups is 1. The molecule has 1 N–H and O–H groups in total. The lowest BCUT2D eigenvalue weighted by Gasteiger charge is -2.24. The van der Waals surface area contributed by atoms with Crippen LogP contribution in [0.4, 0.5) is 14.5 Å². The third-order valence-corrected chi connectivity index (χ3v) is 1.94. The number of ether oxygens (including phenoxy) is 2. The zero-order chi connectivity index (χ0) is 11.1. The Kier molecular flexibility index (Phi) is 1.99. The fourth-order valence-corrected chi connectivity index (χ4v) is 1.20. The Bertz CT molecular complexity index is 420. The summed E-state index contributed by atoms with van der Waals surface area (Å²) in [4.78, 5) is 10.9. The highest BCUT2D eigenvalue weighted by Gasteiger charge is 2.46. The summed E-state index contributed by atoms with van der Waals surface area (Å²) in [5.41, 5.74) is 0.172. The van der Waals surface area contributed by atoms with E-state index in [2.05, 4.69) is 4.74 Å². The molecule has 0 saturated carbocycles. The van der Waals surface area contributed by atoms with Gasteiger partial charge in [-0.15, -0.1) is 0 Å². The summed E-state index contributed by atoms with van der Waals surface area (Å²) < 4.78 is 34.7. The molecule has 0 fully saturated rings. The first-order chi connectivity index (χ1) is 7.03. The predicted molar refractivity (Wildman–Crippen MR) is 47.2 cm³/mol. The minimum absolute atomic E-state index is 0.0830. The van der Waals surface area contributed by atoms with Crippen LogP contribution in [0.5, 0.6) is 11.5 Å². The Labute approximate surface area is 83.8 Å². The van der Waals surface area contributed by atoms with Gasteiger partial charge in [0.05, 0.1) is 12.8 Å². The van der Waals surface area contributed by atoms with Gasteiger partial charge >= 0.3 is 12.0 Å². The molecule has 0 spiro atoms. The van der Waals surface area contributed by atoms with E-state index in [4.69, 9.17) is 4.74 Å². The highest BCUT2D eigenvalue weighted by atomic mass is 19.3. The number of amides is 1. The number of benzene rings is 1. The van der Waals surface area contributed by atoms with Crippen LogP contribution in [0.2, 0.25) is 0 Å². The molecule has 2 rings (SSSR count). The standard InChI is InChI=1S/C9H7F2NO3/c1-14-5-2-3-7-6(4-5)12-8(13)9(10,11)15-7/h2-4H,1H3,(H,12,13). The van der Waals surface area contributed by atoms with E-state index >= 15 is 0 Å². The molecule has 1 aliphatic rings. The minimum Gasteiger partial charge on any atom is -0.497 e. The van der Waals surface area contributed by atoms with Crippen LogP contribution in [0.25, 0.3) is 0 Å². The zero-order valence-corrected chi connectivity index (χ0v) is 7.71. The predicted octanol–water partition coefficient (Wildman–Crippen LogP) is 1.62. The first-order valence-corrected chi connectivity index (χ1v) is 4.09. The first-order valence-electron chi connectivity index (χ1n) is 4.09. The number of rotatable bonds is 1. The summed E-state index contributed by atoms with van der Waals surface area (Å²) in [6.07, 6.45) is -3.82. The molecule has 0 bridgehead atoms. The van der Waals surface area contributed by atoms with Gasteiger partial charge in [-0.2, -0.15) is 8.78 Å². The molecule has 1 aromatic carbocycles. The second-order valence-electron chi connectivity index (χ2n) is 2.94. The normalized spacial score (nSPS) is 17.4. The van der Waals surface area contributed by atoms with E-state index < -0.39 is 12.0 Å². The van der Waals surface area contributed by atoms with Crippen molar-refractivity contribution >= 4 is 11.6 Å². The average Bonchev–Trinajstić information content (AvgIpc) is 2.19. The van der Waals surface area contributed by atoms with Crippen LogP contribution in [0.15, 0.2) is 18.2 Å². The second kappa shape index (κ2) is 3.08. The molecule has 1 aliphatic heterocycles. The van der Waals surface area contributed by atoms with Crippen molar-refractivity contribution in [2.24, 2.45) is 0 Å². The van der Waals surface area contributed by atoms with Gasteiger partial charge < -0.3 is 14.8 Å². The maximum absolute atomic E-state index is 12.8. The Morgan fingerprint density at radius 1 is 1.47 bits per heavy atom. The number of halogens is 2. The van der Waals surface area contributed by atoms with E-state index in [1.807, 2.05) is 5.32 Å². The SMILES string of the molecule is COc1ccc2c(c1)NC(=O)C(F)(F)O2. The van der Waals surface area contributed by atoms with Gasteiger partial charge in [0.2, 0.25) is 0 Å². The van der Waals surface area contributed by atoms with Gasteiger partial charge in [0.1, 0.15) is 5.75 Å². The first kappa shape index (κ1) is 9.70. The molecule has 0 saturated heterocycles. The van der Waals surface area contributed by atoms with E-state index in [1.54, 1.807) is 0 Å². The number of methoxy groups -OCH3 is 1. The summed E-state index contributed by atoms with van der Waals surface area (Å²) in [5.74, 6) is -1.12. The summed E-state index contributed by atoms with van der Waals surface area (Å²) >= 11 is 0. The van der Waals surface area contributed by atoms with Crippen molar-refractivity contribution in [3.8, 4) is 11.5 Å². The Hall–Kier alpha value is -1.85. The summed E-state index contributed by atoms with van der Waals surface area (Å²) in [6, 6.07) is 4.18. The largest absolute Gasteiger partial charge is 0.497 e. The van der Waals surface area contributed by atoms with Gasteiger partial charge in [0.25, 0.3) is 0 Å². The van der Waals surface area contributed by atoms with Crippen molar-refractivity contribution in [3.63, 3.8) is 0 Å². The van der Waals surface area contributed by atoms with E-state index in [0.29, 0.717) is 5.75 Å². The molecule has 4 nitrogen and oxygen atoms in total. The van der Waals surface area contributed by atoms with Crippen molar-refractivity contribution in [3.05, 3.63) is 18.2 Å². The molecule has 1 aromatic rings. The molecule has 6 heteroatoms. The highest BCUT2D eigenvalue weighted by molar-refractivity contribution is 5.98. The van der Waals surface area contributed by atoms with Crippen molar-refractivity contribution in [1.82, 2.24) is 0 Å². The molecule has 1 heterocycles. The van der Waals surface area contributed by atoms with Crippen LogP contribution in [-0.4, -0.2) is 19.1 Å². The maximum atomic E-state index is 12.8. The highest BCUT2D eigenvalue weighted by Crippen LogP contribution is 2.37. The molecular formula is C9H7F2NO3. The number of anilines is 1. The van der Waals surface area contributed by atoms with E-state index in [1.165, 1.54) is 25.3 Å². The summed E-state index contributed by atoms with van der Waals surface area (Å²) in [6.45, 7) is 0. The molecule has 0 unspecified atom stereocenters. The van der Waals surface area contributed by atoms with E-state index in [0.717, 1.165) is 0 Å². The van der Waals surface area contributed by atoms with E-state index in [9.17, 15) is 13.6 Å². The molecule has 0 radical (unpaired) electrons. The van der Waals surface area contributed by atoms with Crippen LogP contribution in [0.3, 0.4) is 0 Å². The van der Waals surface area contributed by atoms with Crippen LogP contribution in [-0.2, 0) is 4.79 Å². The maximum Gasteiger partial charge on any atom is 0.482 e. The number of fused-ring (bicyclic) bond motifs is 1.